The standard InChI is InChI=1S/C15H16BrNO4/c1-8(2)5-11(15(19)20)17-14(18)13-7-9-6-10(16)3-4-12(9)21-13/h3-4,6-8,11H,5H2,1-2H3,(H,17,18)(H,19,20)/t11-/m1/s1. The summed E-state index contributed by atoms with van der Waals surface area (Å²) in [7, 11) is 0. The summed E-state index contributed by atoms with van der Waals surface area (Å²) in [4.78, 5) is 23.3. The topological polar surface area (TPSA) is 79.5 Å². The van der Waals surface area contributed by atoms with Crippen LogP contribution in [0.5, 0.6) is 0 Å². The summed E-state index contributed by atoms with van der Waals surface area (Å²) in [6.45, 7) is 3.81. The van der Waals surface area contributed by atoms with Crippen LogP contribution in [0.25, 0.3) is 11.0 Å². The summed E-state index contributed by atoms with van der Waals surface area (Å²) in [6, 6.07) is 6.07. The van der Waals surface area contributed by atoms with Gasteiger partial charge < -0.3 is 14.8 Å². The summed E-state index contributed by atoms with van der Waals surface area (Å²) in [6.07, 6.45) is 0.368. The predicted molar refractivity (Wildman–Crippen MR) is 82.3 cm³/mol. The van der Waals surface area contributed by atoms with Crippen LogP contribution >= 0.6 is 15.9 Å². The highest BCUT2D eigenvalue weighted by atomic mass is 79.9. The maximum atomic E-state index is 12.1. The Morgan fingerprint density at radius 1 is 1.33 bits per heavy atom. The van der Waals surface area contributed by atoms with Gasteiger partial charge in [-0.3, -0.25) is 4.79 Å². The molecule has 0 aliphatic carbocycles. The van der Waals surface area contributed by atoms with Gasteiger partial charge in [0, 0.05) is 9.86 Å². The van der Waals surface area contributed by atoms with Crippen LogP contribution in [0.2, 0.25) is 0 Å². The van der Waals surface area contributed by atoms with Crippen molar-refractivity contribution in [3.63, 3.8) is 0 Å². The fourth-order valence-corrected chi connectivity index (χ4v) is 2.43. The zero-order valence-electron chi connectivity index (χ0n) is 11.7. The molecule has 0 spiro atoms. The quantitative estimate of drug-likeness (QED) is 0.862. The second kappa shape index (κ2) is 6.30. The van der Waals surface area contributed by atoms with Crippen LogP contribution in [0.15, 0.2) is 33.2 Å². The van der Waals surface area contributed by atoms with Gasteiger partial charge in [0.15, 0.2) is 5.76 Å². The SMILES string of the molecule is CC(C)C[C@@H](NC(=O)c1cc2cc(Br)ccc2o1)C(=O)O. The van der Waals surface area contributed by atoms with Gasteiger partial charge in [-0.15, -0.1) is 0 Å². The average molecular weight is 354 g/mol. The molecule has 21 heavy (non-hydrogen) atoms. The van der Waals surface area contributed by atoms with E-state index in [-0.39, 0.29) is 11.7 Å². The molecule has 0 bridgehead atoms. The lowest BCUT2D eigenvalue weighted by molar-refractivity contribution is -0.139. The van der Waals surface area contributed by atoms with Crippen molar-refractivity contribution in [3.05, 3.63) is 34.5 Å². The summed E-state index contributed by atoms with van der Waals surface area (Å²) < 4.78 is 6.33. The number of aliphatic carboxylic acids is 1. The van der Waals surface area contributed by atoms with E-state index in [2.05, 4.69) is 21.2 Å². The van der Waals surface area contributed by atoms with Crippen molar-refractivity contribution >= 4 is 38.8 Å². The number of nitrogens with one attached hydrogen (secondary N) is 1. The van der Waals surface area contributed by atoms with Crippen LogP contribution in [0.1, 0.15) is 30.8 Å². The number of amides is 1. The Labute approximate surface area is 130 Å². The van der Waals surface area contributed by atoms with Gasteiger partial charge in [-0.05, 0) is 36.6 Å². The molecule has 0 fully saturated rings. The molecule has 0 saturated carbocycles. The molecule has 0 aliphatic rings. The number of benzene rings is 1. The monoisotopic (exact) mass is 353 g/mol. The first kappa shape index (κ1) is 15.6. The summed E-state index contributed by atoms with van der Waals surface area (Å²) in [5.74, 6) is -1.29. The van der Waals surface area contributed by atoms with Crippen molar-refractivity contribution in [2.75, 3.05) is 0 Å². The van der Waals surface area contributed by atoms with E-state index in [1.54, 1.807) is 12.1 Å². The van der Waals surface area contributed by atoms with Crippen molar-refractivity contribution in [3.8, 4) is 0 Å². The van der Waals surface area contributed by atoms with Gasteiger partial charge >= 0.3 is 5.97 Å². The highest BCUT2D eigenvalue weighted by molar-refractivity contribution is 9.10. The van der Waals surface area contributed by atoms with Crippen LogP contribution in [0, 0.1) is 5.92 Å². The third-order valence-electron chi connectivity index (χ3n) is 3.01. The highest BCUT2D eigenvalue weighted by Gasteiger charge is 2.23. The maximum Gasteiger partial charge on any atom is 0.326 e. The van der Waals surface area contributed by atoms with E-state index in [0.29, 0.717) is 12.0 Å². The Kier molecular flexibility index (Phi) is 4.67. The number of carbonyl (C=O) groups excluding carboxylic acids is 1. The third kappa shape index (κ3) is 3.85. The van der Waals surface area contributed by atoms with Crippen LogP contribution in [0.3, 0.4) is 0 Å². The van der Waals surface area contributed by atoms with Crippen molar-refractivity contribution in [1.82, 2.24) is 5.32 Å². The van der Waals surface area contributed by atoms with Crippen LogP contribution in [0.4, 0.5) is 0 Å². The number of hydrogen-bond acceptors (Lipinski definition) is 3. The lowest BCUT2D eigenvalue weighted by Crippen LogP contribution is -2.41. The van der Waals surface area contributed by atoms with Gasteiger partial charge in [0.05, 0.1) is 0 Å². The first-order valence-corrected chi connectivity index (χ1v) is 7.39. The van der Waals surface area contributed by atoms with Gasteiger partial charge in [-0.2, -0.15) is 0 Å². The summed E-state index contributed by atoms with van der Waals surface area (Å²) >= 11 is 3.35. The zero-order chi connectivity index (χ0) is 15.6. The number of furan rings is 1. The second-order valence-corrected chi connectivity index (χ2v) is 6.20. The van der Waals surface area contributed by atoms with Gasteiger partial charge in [0.2, 0.25) is 0 Å². The largest absolute Gasteiger partial charge is 0.480 e. The number of carboxylic acid groups (broad SMARTS) is 1. The van der Waals surface area contributed by atoms with E-state index in [1.807, 2.05) is 26.0 Å². The van der Waals surface area contributed by atoms with E-state index < -0.39 is 17.9 Å². The Morgan fingerprint density at radius 2 is 2.05 bits per heavy atom. The normalized spacial score (nSPS) is 12.6. The maximum absolute atomic E-state index is 12.1. The Hall–Kier alpha value is -1.82. The minimum atomic E-state index is -1.05. The second-order valence-electron chi connectivity index (χ2n) is 5.29. The number of carboxylic acids is 1. The van der Waals surface area contributed by atoms with Crippen molar-refractivity contribution in [1.29, 1.82) is 0 Å². The summed E-state index contributed by atoms with van der Waals surface area (Å²) in [5.41, 5.74) is 0.582. The van der Waals surface area contributed by atoms with E-state index >= 15 is 0 Å². The van der Waals surface area contributed by atoms with E-state index in [9.17, 15) is 9.59 Å². The fourth-order valence-electron chi connectivity index (χ4n) is 2.05. The smallest absolute Gasteiger partial charge is 0.326 e. The number of carbonyl (C=O) groups is 2. The van der Waals surface area contributed by atoms with Gasteiger partial charge in [0.1, 0.15) is 11.6 Å². The molecule has 1 aromatic heterocycles. The minimum Gasteiger partial charge on any atom is -0.480 e. The first-order valence-electron chi connectivity index (χ1n) is 6.59. The molecule has 2 N–H and O–H groups in total. The Morgan fingerprint density at radius 3 is 2.67 bits per heavy atom. The molecule has 2 aromatic rings. The number of halogens is 1. The van der Waals surface area contributed by atoms with Crippen LogP contribution < -0.4 is 5.32 Å². The van der Waals surface area contributed by atoms with Gasteiger partial charge in [-0.1, -0.05) is 29.8 Å². The molecule has 1 amide bonds. The van der Waals surface area contributed by atoms with E-state index in [1.165, 1.54) is 0 Å². The first-order chi connectivity index (χ1) is 9.86. The molecule has 6 heteroatoms. The molecular weight excluding hydrogens is 338 g/mol. The van der Waals surface area contributed by atoms with Crippen molar-refractivity contribution in [2.45, 2.75) is 26.3 Å². The van der Waals surface area contributed by atoms with Crippen LogP contribution in [-0.2, 0) is 4.79 Å². The van der Waals surface area contributed by atoms with Crippen molar-refractivity contribution in [2.24, 2.45) is 5.92 Å². The average Bonchev–Trinajstić information content (AvgIpc) is 2.80. The van der Waals surface area contributed by atoms with E-state index in [0.717, 1.165) is 9.86 Å². The Balaban J connectivity index is 2.19. The lowest BCUT2D eigenvalue weighted by Gasteiger charge is -2.15. The zero-order valence-corrected chi connectivity index (χ0v) is 13.3. The molecule has 1 atom stereocenters. The molecular formula is C15H16BrNO4. The molecule has 112 valence electrons. The van der Waals surface area contributed by atoms with Gasteiger partial charge in [0.25, 0.3) is 5.91 Å². The molecule has 1 heterocycles. The molecule has 2 rings (SSSR count). The number of rotatable bonds is 5. The lowest BCUT2D eigenvalue weighted by atomic mass is 10.0. The highest BCUT2D eigenvalue weighted by Crippen LogP contribution is 2.23. The molecule has 0 unspecified atom stereocenters. The number of hydrogen-bond donors (Lipinski definition) is 2. The van der Waals surface area contributed by atoms with Crippen molar-refractivity contribution < 1.29 is 19.1 Å². The van der Waals surface area contributed by atoms with E-state index in [4.69, 9.17) is 9.52 Å². The summed E-state index contributed by atoms with van der Waals surface area (Å²) in [5, 5.41) is 12.4. The predicted octanol–water partition coefficient (Wildman–Crippen LogP) is 3.42. The molecule has 1 aromatic carbocycles. The molecule has 0 aliphatic heterocycles. The molecule has 0 saturated heterocycles. The van der Waals surface area contributed by atoms with Crippen LogP contribution in [-0.4, -0.2) is 23.0 Å². The molecule has 5 nitrogen and oxygen atoms in total. The third-order valence-corrected chi connectivity index (χ3v) is 3.51. The fraction of sp³-hybridized carbons (Fsp3) is 0.333. The number of fused-ring (bicyclic) bond motifs is 1. The molecule has 0 radical (unpaired) electrons. The minimum absolute atomic E-state index is 0.109. The van der Waals surface area contributed by atoms with Gasteiger partial charge in [-0.25, -0.2) is 4.79 Å². The Bertz CT molecular complexity index is 677.